The second-order valence-corrected chi connectivity index (χ2v) is 6.42. The van der Waals surface area contributed by atoms with Crippen molar-refractivity contribution in [2.75, 3.05) is 11.9 Å². The van der Waals surface area contributed by atoms with Gasteiger partial charge in [0.05, 0.1) is 12.9 Å². The van der Waals surface area contributed by atoms with Crippen LogP contribution in [-0.4, -0.2) is 59.3 Å². The molecule has 0 spiro atoms. The lowest BCUT2D eigenvalue weighted by Gasteiger charge is -2.27. The van der Waals surface area contributed by atoms with Gasteiger partial charge in [0.1, 0.15) is 24.1 Å². The second-order valence-electron chi connectivity index (χ2n) is 6.42. The summed E-state index contributed by atoms with van der Waals surface area (Å²) in [6.45, 7) is 1.05. The summed E-state index contributed by atoms with van der Waals surface area (Å²) < 4.78 is 7.17. The van der Waals surface area contributed by atoms with Crippen LogP contribution in [-0.2, 0) is 4.74 Å². The van der Waals surface area contributed by atoms with Crippen molar-refractivity contribution < 1.29 is 20.1 Å². The van der Waals surface area contributed by atoms with Crippen LogP contribution in [0.4, 0.5) is 11.5 Å². The third-order valence-corrected chi connectivity index (χ3v) is 4.58. The summed E-state index contributed by atoms with van der Waals surface area (Å²) >= 11 is 0. The van der Waals surface area contributed by atoms with Gasteiger partial charge in [-0.1, -0.05) is 18.2 Å². The minimum atomic E-state index is -1.61. The van der Waals surface area contributed by atoms with Crippen molar-refractivity contribution >= 4 is 22.7 Å². The van der Waals surface area contributed by atoms with Gasteiger partial charge in [0.2, 0.25) is 0 Å². The van der Waals surface area contributed by atoms with Gasteiger partial charge in [-0.15, -0.1) is 0 Å². The lowest BCUT2D eigenvalue weighted by Crippen LogP contribution is -2.44. The van der Waals surface area contributed by atoms with Gasteiger partial charge < -0.3 is 25.4 Å². The van der Waals surface area contributed by atoms with Crippen molar-refractivity contribution in [3.8, 4) is 0 Å². The summed E-state index contributed by atoms with van der Waals surface area (Å²) in [5.41, 5.74) is 0.174. The van der Waals surface area contributed by atoms with Crippen LogP contribution in [0.15, 0.2) is 43.0 Å². The molecule has 0 aliphatic carbocycles. The number of hydrogen-bond acceptors (Lipinski definition) is 8. The van der Waals surface area contributed by atoms with E-state index in [0.29, 0.717) is 17.0 Å². The number of fused-ring (bicyclic) bond motifs is 1. The molecule has 26 heavy (non-hydrogen) atoms. The van der Waals surface area contributed by atoms with E-state index in [1.165, 1.54) is 24.1 Å². The van der Waals surface area contributed by atoms with Crippen LogP contribution in [0.5, 0.6) is 0 Å². The first kappa shape index (κ1) is 16.9. The van der Waals surface area contributed by atoms with Gasteiger partial charge in [-0.3, -0.25) is 4.57 Å². The minimum absolute atomic E-state index is 0.407. The highest BCUT2D eigenvalue weighted by molar-refractivity contribution is 5.85. The lowest BCUT2D eigenvalue weighted by molar-refractivity contribution is -0.0950. The van der Waals surface area contributed by atoms with Gasteiger partial charge in [-0.2, -0.15) is 0 Å². The van der Waals surface area contributed by atoms with Crippen molar-refractivity contribution in [2.24, 2.45) is 0 Å². The highest BCUT2D eigenvalue weighted by Gasteiger charge is 2.53. The van der Waals surface area contributed by atoms with Crippen LogP contribution in [0.2, 0.25) is 0 Å². The van der Waals surface area contributed by atoms with Gasteiger partial charge >= 0.3 is 0 Å². The Morgan fingerprint density at radius 1 is 1.23 bits per heavy atom. The zero-order valence-corrected chi connectivity index (χ0v) is 14.0. The summed E-state index contributed by atoms with van der Waals surface area (Å²) in [5, 5.41) is 33.4. The average molecular weight is 357 g/mol. The number of nitrogens with one attached hydrogen (secondary N) is 1. The molecule has 9 heteroatoms. The predicted molar refractivity (Wildman–Crippen MR) is 92.7 cm³/mol. The Balaban J connectivity index is 1.73. The summed E-state index contributed by atoms with van der Waals surface area (Å²) in [6, 6.07) is 9.52. The van der Waals surface area contributed by atoms with Gasteiger partial charge in [0.25, 0.3) is 0 Å². The highest BCUT2D eigenvalue weighted by Crippen LogP contribution is 2.39. The van der Waals surface area contributed by atoms with Gasteiger partial charge in [-0.05, 0) is 19.1 Å². The third-order valence-electron chi connectivity index (χ3n) is 4.58. The molecule has 1 aliphatic rings. The molecule has 0 saturated carbocycles. The number of aromatic nitrogens is 4. The number of imidazole rings is 1. The number of para-hydroxylation sites is 1. The molecule has 0 radical (unpaired) electrons. The van der Waals surface area contributed by atoms with Crippen LogP contribution in [0.25, 0.3) is 11.2 Å². The molecule has 9 nitrogen and oxygen atoms in total. The fraction of sp³-hybridized carbons (Fsp3) is 0.353. The molecule has 1 saturated heterocycles. The Morgan fingerprint density at radius 2 is 2.00 bits per heavy atom. The van der Waals surface area contributed by atoms with Crippen LogP contribution in [0, 0.1) is 0 Å². The van der Waals surface area contributed by atoms with E-state index in [2.05, 4.69) is 20.3 Å². The molecular formula is C17H19N5O4. The SMILES string of the molecule is C[C@@]1(O)[C@H](O)[C@@H](CO)O[C@H]1n1cnc2c(Nc3ccccc3)ncnc21. The molecule has 0 amide bonds. The summed E-state index contributed by atoms with van der Waals surface area (Å²) in [6.07, 6.45) is -0.217. The van der Waals surface area contributed by atoms with E-state index in [4.69, 9.17) is 4.74 Å². The van der Waals surface area contributed by atoms with Gasteiger partial charge in [-0.25, -0.2) is 15.0 Å². The number of aliphatic hydroxyl groups is 3. The molecule has 0 unspecified atom stereocenters. The van der Waals surface area contributed by atoms with Gasteiger partial charge in [0.15, 0.2) is 23.2 Å². The molecule has 3 aromatic rings. The quantitative estimate of drug-likeness (QED) is 0.534. The Labute approximate surface area is 148 Å². The molecule has 136 valence electrons. The molecule has 1 aromatic carbocycles. The molecule has 4 N–H and O–H groups in total. The summed E-state index contributed by atoms with van der Waals surface area (Å²) in [7, 11) is 0. The van der Waals surface area contributed by atoms with Crippen molar-refractivity contribution in [2.45, 2.75) is 31.0 Å². The number of ether oxygens (including phenoxy) is 1. The Morgan fingerprint density at radius 3 is 2.69 bits per heavy atom. The Bertz CT molecular complexity index is 914. The monoisotopic (exact) mass is 357 g/mol. The van der Waals surface area contributed by atoms with E-state index in [9.17, 15) is 15.3 Å². The molecule has 3 heterocycles. The fourth-order valence-electron chi connectivity index (χ4n) is 3.16. The van der Waals surface area contributed by atoms with Gasteiger partial charge in [0, 0.05) is 5.69 Å². The number of anilines is 2. The van der Waals surface area contributed by atoms with Crippen molar-refractivity contribution in [3.63, 3.8) is 0 Å². The first-order chi connectivity index (χ1) is 12.5. The topological polar surface area (TPSA) is 126 Å². The first-order valence-corrected chi connectivity index (χ1v) is 8.18. The predicted octanol–water partition coefficient (Wildman–Crippen LogP) is 0.571. The zero-order valence-electron chi connectivity index (χ0n) is 14.0. The Kier molecular flexibility index (Phi) is 4.08. The van der Waals surface area contributed by atoms with Crippen LogP contribution in [0.1, 0.15) is 13.2 Å². The van der Waals surface area contributed by atoms with Crippen LogP contribution in [0.3, 0.4) is 0 Å². The molecular weight excluding hydrogens is 338 g/mol. The molecule has 4 atom stereocenters. The second kappa shape index (κ2) is 6.29. The van der Waals surface area contributed by atoms with Crippen molar-refractivity contribution in [3.05, 3.63) is 43.0 Å². The molecule has 1 fully saturated rings. The molecule has 2 aromatic heterocycles. The Hall–Kier alpha value is -2.59. The standard InChI is InChI=1S/C17H19N5O4/c1-17(25)13(24)11(7-23)26-16(17)22-9-20-12-14(18-8-19-15(12)22)21-10-5-3-2-4-6-10/h2-6,8-9,11,13,16,23-25H,7H2,1H3,(H,18,19,21)/t11-,13-,16-,17-/m1/s1. The third kappa shape index (κ3) is 2.61. The van der Waals surface area contributed by atoms with E-state index in [1.54, 1.807) is 0 Å². The van der Waals surface area contributed by atoms with E-state index in [1.807, 2.05) is 30.3 Å². The molecule has 4 rings (SSSR count). The summed E-state index contributed by atoms with van der Waals surface area (Å²) in [5.74, 6) is 0.511. The maximum Gasteiger partial charge on any atom is 0.168 e. The van der Waals surface area contributed by atoms with Crippen LogP contribution < -0.4 is 5.32 Å². The molecule has 1 aliphatic heterocycles. The van der Waals surface area contributed by atoms with Crippen molar-refractivity contribution in [1.82, 2.24) is 19.5 Å². The summed E-state index contributed by atoms with van der Waals surface area (Å²) in [4.78, 5) is 12.8. The number of aliphatic hydroxyl groups excluding tert-OH is 2. The normalized spacial score (nSPS) is 28.5. The maximum absolute atomic E-state index is 10.7. The van der Waals surface area contributed by atoms with Crippen molar-refractivity contribution in [1.29, 1.82) is 0 Å². The van der Waals surface area contributed by atoms with E-state index < -0.39 is 30.6 Å². The largest absolute Gasteiger partial charge is 0.394 e. The number of nitrogens with zero attached hydrogens (tertiary/aromatic N) is 4. The lowest BCUT2D eigenvalue weighted by atomic mass is 9.96. The number of benzene rings is 1. The highest BCUT2D eigenvalue weighted by atomic mass is 16.6. The smallest absolute Gasteiger partial charge is 0.168 e. The molecule has 0 bridgehead atoms. The van der Waals surface area contributed by atoms with E-state index >= 15 is 0 Å². The maximum atomic E-state index is 10.7. The fourth-order valence-corrected chi connectivity index (χ4v) is 3.16. The average Bonchev–Trinajstić information content (AvgIpc) is 3.16. The number of hydrogen-bond donors (Lipinski definition) is 4. The minimum Gasteiger partial charge on any atom is -0.394 e. The van der Waals surface area contributed by atoms with E-state index in [-0.39, 0.29) is 0 Å². The zero-order chi connectivity index (χ0) is 18.3. The first-order valence-electron chi connectivity index (χ1n) is 8.18. The van der Waals surface area contributed by atoms with Crippen LogP contribution >= 0.6 is 0 Å². The van der Waals surface area contributed by atoms with E-state index in [0.717, 1.165) is 5.69 Å². The number of rotatable bonds is 4.